The van der Waals surface area contributed by atoms with Gasteiger partial charge in [-0.25, -0.2) is 0 Å². The summed E-state index contributed by atoms with van der Waals surface area (Å²) in [5.74, 6) is -0.225. The first-order valence-corrected chi connectivity index (χ1v) is 6.82. The molecule has 4 heteroatoms. The number of nitrogens with two attached hydrogens (primary N) is 1. The molecule has 1 aromatic rings. The third-order valence-corrected chi connectivity index (χ3v) is 3.67. The van der Waals surface area contributed by atoms with Crippen LogP contribution in [0.2, 0.25) is 0 Å². The third-order valence-electron chi connectivity index (χ3n) is 3.67. The van der Waals surface area contributed by atoms with Gasteiger partial charge in [0, 0.05) is 6.04 Å². The summed E-state index contributed by atoms with van der Waals surface area (Å²) in [7, 11) is 0. The SMILES string of the molecule is CCC(NC(=O)C1COCC1N)c1ccc(C)cc1. The fourth-order valence-electron chi connectivity index (χ4n) is 2.34. The zero-order chi connectivity index (χ0) is 13.8. The number of carbonyl (C=O) groups excluding carboxylic acids is 1. The molecular weight excluding hydrogens is 240 g/mol. The van der Waals surface area contributed by atoms with Gasteiger partial charge in [-0.2, -0.15) is 0 Å². The first kappa shape index (κ1) is 14.0. The van der Waals surface area contributed by atoms with Crippen molar-refractivity contribution in [3.8, 4) is 0 Å². The van der Waals surface area contributed by atoms with Crippen LogP contribution in [0, 0.1) is 12.8 Å². The Kier molecular flexibility index (Phi) is 4.56. The molecule has 4 nitrogen and oxygen atoms in total. The molecule has 1 fully saturated rings. The summed E-state index contributed by atoms with van der Waals surface area (Å²) in [4.78, 5) is 12.2. The molecule has 1 aliphatic heterocycles. The smallest absolute Gasteiger partial charge is 0.227 e. The number of carbonyl (C=O) groups is 1. The minimum atomic E-state index is -0.223. The molecule has 1 aromatic carbocycles. The highest BCUT2D eigenvalue weighted by atomic mass is 16.5. The molecule has 3 unspecified atom stereocenters. The number of hydrogen-bond acceptors (Lipinski definition) is 3. The Bertz CT molecular complexity index is 430. The van der Waals surface area contributed by atoms with Gasteiger partial charge in [0.05, 0.1) is 25.2 Å². The number of amides is 1. The van der Waals surface area contributed by atoms with Crippen LogP contribution in [0.5, 0.6) is 0 Å². The van der Waals surface area contributed by atoms with E-state index in [0.717, 1.165) is 12.0 Å². The topological polar surface area (TPSA) is 64.3 Å². The molecule has 0 radical (unpaired) electrons. The van der Waals surface area contributed by atoms with Gasteiger partial charge in [-0.15, -0.1) is 0 Å². The van der Waals surface area contributed by atoms with Gasteiger partial charge in [0.2, 0.25) is 5.91 Å². The maximum Gasteiger partial charge on any atom is 0.227 e. The highest BCUT2D eigenvalue weighted by Crippen LogP contribution is 2.19. The Morgan fingerprint density at radius 3 is 2.63 bits per heavy atom. The van der Waals surface area contributed by atoms with Crippen molar-refractivity contribution in [1.29, 1.82) is 0 Å². The van der Waals surface area contributed by atoms with Crippen molar-refractivity contribution in [1.82, 2.24) is 5.32 Å². The van der Waals surface area contributed by atoms with Gasteiger partial charge in [-0.1, -0.05) is 36.8 Å². The summed E-state index contributed by atoms with van der Waals surface area (Å²) >= 11 is 0. The molecule has 1 saturated heterocycles. The van der Waals surface area contributed by atoms with Crippen LogP contribution >= 0.6 is 0 Å². The first-order chi connectivity index (χ1) is 9.11. The summed E-state index contributed by atoms with van der Waals surface area (Å²) in [5, 5.41) is 3.08. The molecule has 0 saturated carbocycles. The van der Waals surface area contributed by atoms with Crippen molar-refractivity contribution >= 4 is 5.91 Å². The minimum Gasteiger partial charge on any atom is -0.379 e. The Hall–Kier alpha value is -1.39. The lowest BCUT2D eigenvalue weighted by molar-refractivity contribution is -0.126. The number of nitrogens with one attached hydrogen (secondary N) is 1. The molecule has 0 aromatic heterocycles. The molecule has 1 heterocycles. The predicted octanol–water partition coefficient (Wildman–Crippen LogP) is 1.54. The fourth-order valence-corrected chi connectivity index (χ4v) is 2.34. The van der Waals surface area contributed by atoms with Crippen LogP contribution in [0.1, 0.15) is 30.5 Å². The quantitative estimate of drug-likeness (QED) is 0.865. The van der Waals surface area contributed by atoms with E-state index < -0.39 is 0 Å². The third kappa shape index (κ3) is 3.33. The van der Waals surface area contributed by atoms with Crippen LogP contribution in [0.4, 0.5) is 0 Å². The summed E-state index contributed by atoms with van der Waals surface area (Å²) in [5.41, 5.74) is 8.22. The van der Waals surface area contributed by atoms with Crippen LogP contribution in [0.3, 0.4) is 0 Å². The molecule has 104 valence electrons. The van der Waals surface area contributed by atoms with Crippen LogP contribution in [0.15, 0.2) is 24.3 Å². The van der Waals surface area contributed by atoms with E-state index in [1.54, 1.807) is 0 Å². The molecular formula is C15H22N2O2. The maximum absolute atomic E-state index is 12.2. The van der Waals surface area contributed by atoms with E-state index in [2.05, 4.69) is 43.4 Å². The largest absolute Gasteiger partial charge is 0.379 e. The van der Waals surface area contributed by atoms with Crippen molar-refractivity contribution in [3.63, 3.8) is 0 Å². The molecule has 0 spiro atoms. The predicted molar refractivity (Wildman–Crippen MR) is 74.6 cm³/mol. The summed E-state index contributed by atoms with van der Waals surface area (Å²) in [6, 6.07) is 8.11. The number of benzene rings is 1. The highest BCUT2D eigenvalue weighted by Gasteiger charge is 2.32. The number of rotatable bonds is 4. The van der Waals surface area contributed by atoms with E-state index in [-0.39, 0.29) is 23.9 Å². The second-order valence-electron chi connectivity index (χ2n) is 5.19. The van der Waals surface area contributed by atoms with Gasteiger partial charge >= 0.3 is 0 Å². The zero-order valence-corrected chi connectivity index (χ0v) is 11.6. The molecule has 19 heavy (non-hydrogen) atoms. The molecule has 1 aliphatic rings. The van der Waals surface area contributed by atoms with E-state index in [1.807, 2.05) is 0 Å². The van der Waals surface area contributed by atoms with Gasteiger partial charge < -0.3 is 15.8 Å². The van der Waals surface area contributed by atoms with Crippen LogP contribution in [-0.4, -0.2) is 25.2 Å². The second-order valence-corrected chi connectivity index (χ2v) is 5.19. The van der Waals surface area contributed by atoms with Gasteiger partial charge in [0.25, 0.3) is 0 Å². The van der Waals surface area contributed by atoms with Crippen molar-refractivity contribution in [2.24, 2.45) is 11.7 Å². The lowest BCUT2D eigenvalue weighted by Gasteiger charge is -2.21. The van der Waals surface area contributed by atoms with Crippen molar-refractivity contribution in [2.75, 3.05) is 13.2 Å². The molecule has 3 N–H and O–H groups in total. The highest BCUT2D eigenvalue weighted by molar-refractivity contribution is 5.80. The second kappa shape index (κ2) is 6.17. The van der Waals surface area contributed by atoms with Crippen molar-refractivity contribution in [2.45, 2.75) is 32.4 Å². The van der Waals surface area contributed by atoms with Gasteiger partial charge in [-0.3, -0.25) is 4.79 Å². The van der Waals surface area contributed by atoms with E-state index in [4.69, 9.17) is 10.5 Å². The van der Waals surface area contributed by atoms with Gasteiger partial charge in [0.1, 0.15) is 0 Å². The van der Waals surface area contributed by atoms with Crippen LogP contribution < -0.4 is 11.1 Å². The maximum atomic E-state index is 12.2. The first-order valence-electron chi connectivity index (χ1n) is 6.82. The lowest BCUT2D eigenvalue weighted by atomic mass is 9.99. The average Bonchev–Trinajstić information content (AvgIpc) is 2.83. The molecule has 0 bridgehead atoms. The lowest BCUT2D eigenvalue weighted by Crippen LogP contribution is -2.42. The van der Waals surface area contributed by atoms with Crippen LogP contribution in [0.25, 0.3) is 0 Å². The summed E-state index contributed by atoms with van der Waals surface area (Å²) in [6.45, 7) is 5.02. The Morgan fingerprint density at radius 1 is 1.42 bits per heavy atom. The fraction of sp³-hybridized carbons (Fsp3) is 0.533. The standard InChI is InChI=1S/C15H22N2O2/c1-3-14(11-6-4-10(2)5-7-11)17-15(18)12-8-19-9-13(12)16/h4-7,12-14H,3,8-9,16H2,1-2H3,(H,17,18). The molecule has 1 amide bonds. The van der Waals surface area contributed by atoms with Crippen molar-refractivity contribution < 1.29 is 9.53 Å². The number of hydrogen-bond donors (Lipinski definition) is 2. The van der Waals surface area contributed by atoms with Crippen LogP contribution in [-0.2, 0) is 9.53 Å². The van der Waals surface area contributed by atoms with Gasteiger partial charge in [-0.05, 0) is 18.9 Å². The molecule has 0 aliphatic carbocycles. The van der Waals surface area contributed by atoms with E-state index in [1.165, 1.54) is 5.56 Å². The van der Waals surface area contributed by atoms with E-state index >= 15 is 0 Å². The number of ether oxygens (including phenoxy) is 1. The Labute approximate surface area is 114 Å². The average molecular weight is 262 g/mol. The zero-order valence-electron chi connectivity index (χ0n) is 11.6. The Morgan fingerprint density at radius 2 is 2.11 bits per heavy atom. The van der Waals surface area contributed by atoms with E-state index in [0.29, 0.717) is 13.2 Å². The Balaban J connectivity index is 2.02. The molecule has 3 atom stereocenters. The molecule has 2 rings (SSSR count). The minimum absolute atomic E-state index is 0.00238. The summed E-state index contributed by atoms with van der Waals surface area (Å²) < 4.78 is 5.24. The van der Waals surface area contributed by atoms with Gasteiger partial charge in [0.15, 0.2) is 0 Å². The normalized spacial score (nSPS) is 24.2. The van der Waals surface area contributed by atoms with E-state index in [9.17, 15) is 4.79 Å². The summed E-state index contributed by atoms with van der Waals surface area (Å²) in [6.07, 6.45) is 0.859. The van der Waals surface area contributed by atoms with Crippen molar-refractivity contribution in [3.05, 3.63) is 35.4 Å². The monoisotopic (exact) mass is 262 g/mol. The number of aryl methyl sites for hydroxylation is 1.